The van der Waals surface area contributed by atoms with Crippen LogP contribution in [0.5, 0.6) is 5.88 Å². The maximum atomic E-state index is 14.6. The number of nitrogens with zero attached hydrogens (tertiary/aromatic N) is 4. The molecule has 0 saturated heterocycles. The van der Waals surface area contributed by atoms with Crippen molar-refractivity contribution in [3.8, 4) is 5.88 Å². The molecule has 0 radical (unpaired) electrons. The topological polar surface area (TPSA) is 116 Å². The molecule has 3 aromatic heterocycles. The van der Waals surface area contributed by atoms with E-state index in [-0.39, 0.29) is 6.54 Å². The van der Waals surface area contributed by atoms with Crippen LogP contribution in [0.2, 0.25) is 0 Å². The molecule has 0 aliphatic heterocycles. The summed E-state index contributed by atoms with van der Waals surface area (Å²) in [5, 5.41) is 0.754. The van der Waals surface area contributed by atoms with E-state index in [1.165, 1.54) is 13.2 Å². The molecule has 0 atom stereocenters. The molecule has 0 spiro atoms. The summed E-state index contributed by atoms with van der Waals surface area (Å²) >= 11 is 0. The van der Waals surface area contributed by atoms with Gasteiger partial charge in [0.2, 0.25) is 11.8 Å². The Labute approximate surface area is 177 Å². The van der Waals surface area contributed by atoms with Crippen LogP contribution in [0, 0.1) is 12.7 Å². The van der Waals surface area contributed by atoms with Crippen molar-refractivity contribution in [1.29, 1.82) is 0 Å². The van der Waals surface area contributed by atoms with Crippen molar-refractivity contribution in [3.05, 3.63) is 53.7 Å². The van der Waals surface area contributed by atoms with Crippen molar-refractivity contribution in [3.63, 3.8) is 0 Å². The third kappa shape index (κ3) is 3.79. The Morgan fingerprint density at radius 1 is 1.23 bits per heavy atom. The molecule has 4 aromatic rings. The third-order valence-electron chi connectivity index (χ3n) is 4.71. The van der Waals surface area contributed by atoms with Gasteiger partial charge in [-0.05, 0) is 30.7 Å². The Kier molecular flexibility index (Phi) is 5.05. The van der Waals surface area contributed by atoms with Crippen LogP contribution in [-0.2, 0) is 21.4 Å². The first-order chi connectivity index (χ1) is 14.7. The largest absolute Gasteiger partial charge is 0.481 e. The summed E-state index contributed by atoms with van der Waals surface area (Å²) in [6, 6.07) is 7.31. The molecule has 0 aliphatic carbocycles. The number of nitrogens with one attached hydrogen (secondary N) is 1. The number of hydrogen-bond acceptors (Lipinski definition) is 7. The molecule has 1 N–H and O–H groups in total. The van der Waals surface area contributed by atoms with Crippen molar-refractivity contribution in [1.82, 2.24) is 24.2 Å². The minimum absolute atomic E-state index is 0.241. The van der Waals surface area contributed by atoms with Gasteiger partial charge in [-0.2, -0.15) is 4.98 Å². The molecule has 31 heavy (non-hydrogen) atoms. The molecule has 9 nitrogen and oxygen atoms in total. The molecule has 4 rings (SSSR count). The second-order valence-corrected chi connectivity index (χ2v) is 8.54. The number of methoxy groups -OCH3 is 1. The summed E-state index contributed by atoms with van der Waals surface area (Å²) in [5.41, 5.74) is 2.43. The number of fused-ring (bicyclic) bond motifs is 3. The highest BCUT2D eigenvalue weighted by atomic mass is 32.2. The van der Waals surface area contributed by atoms with Crippen molar-refractivity contribution >= 4 is 38.0 Å². The van der Waals surface area contributed by atoms with Gasteiger partial charge in [-0.15, -0.1) is 0 Å². The lowest BCUT2D eigenvalue weighted by atomic mass is 10.2. The molecule has 3 heterocycles. The van der Waals surface area contributed by atoms with Crippen LogP contribution in [0.15, 0.2) is 41.4 Å². The van der Waals surface area contributed by atoms with Gasteiger partial charge in [0.15, 0.2) is 5.65 Å². The Hall–Kier alpha value is -3.60. The van der Waals surface area contributed by atoms with Gasteiger partial charge in [0.05, 0.1) is 18.8 Å². The first-order valence-corrected chi connectivity index (χ1v) is 10.7. The van der Waals surface area contributed by atoms with Gasteiger partial charge >= 0.3 is 0 Å². The fraction of sp³-hybridized carbons (Fsp3) is 0.200. The predicted octanol–water partition coefficient (Wildman–Crippen LogP) is 2.31. The van der Waals surface area contributed by atoms with Crippen LogP contribution in [-0.4, -0.2) is 41.0 Å². The fourth-order valence-corrected chi connectivity index (χ4v) is 4.44. The van der Waals surface area contributed by atoms with Gasteiger partial charge in [0.25, 0.3) is 10.0 Å². The number of pyridine rings is 2. The van der Waals surface area contributed by atoms with E-state index in [4.69, 9.17) is 4.74 Å². The molecule has 0 fully saturated rings. The van der Waals surface area contributed by atoms with Crippen molar-refractivity contribution in [2.24, 2.45) is 0 Å². The van der Waals surface area contributed by atoms with Gasteiger partial charge < -0.3 is 9.30 Å². The van der Waals surface area contributed by atoms with E-state index < -0.39 is 26.6 Å². The number of rotatable bonds is 5. The smallest absolute Gasteiger partial charge is 0.266 e. The van der Waals surface area contributed by atoms with Crippen LogP contribution in [0.25, 0.3) is 22.1 Å². The monoisotopic (exact) mass is 443 g/mol. The molecule has 1 amide bonds. The number of halogens is 1. The average molecular weight is 443 g/mol. The summed E-state index contributed by atoms with van der Waals surface area (Å²) in [6.07, 6.45) is 1.61. The molecule has 0 unspecified atom stereocenters. The number of ether oxygens (including phenoxy) is 1. The highest BCUT2D eigenvalue weighted by Crippen LogP contribution is 2.26. The zero-order valence-electron chi connectivity index (χ0n) is 16.9. The zero-order chi connectivity index (χ0) is 22.3. The van der Waals surface area contributed by atoms with Crippen LogP contribution in [0.4, 0.5) is 4.39 Å². The fourth-order valence-electron chi connectivity index (χ4n) is 3.39. The summed E-state index contributed by atoms with van der Waals surface area (Å²) in [4.78, 5) is 23.7. The van der Waals surface area contributed by atoms with Gasteiger partial charge in [0, 0.05) is 24.9 Å². The highest BCUT2D eigenvalue weighted by Gasteiger charge is 2.21. The number of imidazole rings is 1. The number of hydrogen-bond donors (Lipinski definition) is 1. The van der Waals surface area contributed by atoms with E-state index in [1.54, 1.807) is 17.0 Å². The summed E-state index contributed by atoms with van der Waals surface area (Å²) in [6.45, 7) is 3.10. The number of carbonyl (C=O) groups is 1. The molecule has 160 valence electrons. The zero-order valence-corrected chi connectivity index (χ0v) is 17.7. The second-order valence-electron chi connectivity index (χ2n) is 6.89. The maximum Gasteiger partial charge on any atom is 0.266 e. The van der Waals surface area contributed by atoms with E-state index >= 15 is 0 Å². The highest BCUT2D eigenvalue weighted by molar-refractivity contribution is 7.90. The Morgan fingerprint density at radius 3 is 2.68 bits per heavy atom. The van der Waals surface area contributed by atoms with Gasteiger partial charge in [-0.25, -0.2) is 27.5 Å². The normalized spacial score (nSPS) is 11.7. The minimum Gasteiger partial charge on any atom is -0.481 e. The van der Waals surface area contributed by atoms with Gasteiger partial charge in [-0.3, -0.25) is 4.79 Å². The van der Waals surface area contributed by atoms with E-state index in [2.05, 4.69) is 15.0 Å². The van der Waals surface area contributed by atoms with E-state index in [0.717, 1.165) is 30.0 Å². The van der Waals surface area contributed by atoms with E-state index in [0.29, 0.717) is 28.4 Å². The quantitative estimate of drug-likeness (QED) is 0.503. The summed E-state index contributed by atoms with van der Waals surface area (Å²) in [5.74, 6) is -0.642. The number of carbonyl (C=O) groups excluding carboxylic acids is 1. The first kappa shape index (κ1) is 20.7. The average Bonchev–Trinajstić information content (AvgIpc) is 3.02. The lowest BCUT2D eigenvalue weighted by molar-refractivity contribution is -0.117. The van der Waals surface area contributed by atoms with E-state index in [9.17, 15) is 17.6 Å². The van der Waals surface area contributed by atoms with Crippen molar-refractivity contribution in [2.75, 3.05) is 7.11 Å². The minimum atomic E-state index is -4.27. The standard InChI is InChI=1S/C20H18FN5O4S/c1-11-23-16-9-22-20-14(5-7-18(24-20)30-3)19(16)26(11)10-13-4-6-17(15(21)8-13)31(28,29)25-12(2)27/h4-9H,10H2,1-3H3,(H,25,27). The lowest BCUT2D eigenvalue weighted by Gasteiger charge is -2.11. The number of aromatic nitrogens is 4. The van der Waals surface area contributed by atoms with Crippen molar-refractivity contribution in [2.45, 2.75) is 25.3 Å². The van der Waals surface area contributed by atoms with Gasteiger partial charge in [-0.1, -0.05) is 6.07 Å². The number of aryl methyl sites for hydroxylation is 1. The predicted molar refractivity (Wildman–Crippen MR) is 111 cm³/mol. The SMILES string of the molecule is COc1ccc2c(ncc3nc(C)n(Cc4ccc(S(=O)(=O)NC(C)=O)c(F)c4)c32)n1. The van der Waals surface area contributed by atoms with Crippen LogP contribution < -0.4 is 9.46 Å². The molecular formula is C20H18FN5O4S. The number of amides is 1. The third-order valence-corrected chi connectivity index (χ3v) is 6.18. The summed E-state index contributed by atoms with van der Waals surface area (Å²) < 4.78 is 47.6. The molecule has 0 aliphatic rings. The number of sulfonamides is 1. The van der Waals surface area contributed by atoms with Crippen LogP contribution in [0.1, 0.15) is 18.3 Å². The van der Waals surface area contributed by atoms with Crippen molar-refractivity contribution < 1.29 is 22.3 Å². The maximum absolute atomic E-state index is 14.6. The summed E-state index contributed by atoms with van der Waals surface area (Å²) in [7, 11) is -2.75. The Bertz CT molecular complexity index is 1450. The van der Waals surface area contributed by atoms with Crippen LogP contribution >= 0.6 is 0 Å². The van der Waals surface area contributed by atoms with Crippen LogP contribution in [0.3, 0.4) is 0 Å². The second kappa shape index (κ2) is 7.58. The lowest BCUT2D eigenvalue weighted by Crippen LogP contribution is -2.28. The molecule has 0 bridgehead atoms. The molecule has 1 aromatic carbocycles. The molecular weight excluding hydrogens is 425 g/mol. The molecule has 0 saturated carbocycles. The Morgan fingerprint density at radius 2 is 2.00 bits per heavy atom. The van der Waals surface area contributed by atoms with Gasteiger partial charge in [0.1, 0.15) is 22.1 Å². The van der Waals surface area contributed by atoms with E-state index in [1.807, 2.05) is 17.6 Å². The molecule has 11 heteroatoms. The Balaban J connectivity index is 1.78. The number of benzene rings is 1. The first-order valence-electron chi connectivity index (χ1n) is 9.18.